The fraction of sp³-hybridized carbons (Fsp3) is 0.700. The van der Waals surface area contributed by atoms with E-state index in [9.17, 15) is 8.42 Å². The van der Waals surface area contributed by atoms with Crippen molar-refractivity contribution in [3.05, 3.63) is 12.4 Å². The Kier molecular flexibility index (Phi) is 4.33. The van der Waals surface area contributed by atoms with Crippen molar-refractivity contribution in [3.8, 4) is 0 Å². The maximum atomic E-state index is 11.9. The summed E-state index contributed by atoms with van der Waals surface area (Å²) >= 11 is 0. The Hall–Kier alpha value is -0.960. The van der Waals surface area contributed by atoms with E-state index in [1.807, 2.05) is 6.92 Å². The number of aromatic nitrogens is 2. The van der Waals surface area contributed by atoms with Gasteiger partial charge in [-0.3, -0.25) is 10.00 Å². The number of H-pyrrole nitrogens is 1. The number of rotatable bonds is 5. The van der Waals surface area contributed by atoms with Crippen LogP contribution in [-0.4, -0.2) is 62.4 Å². The molecule has 0 radical (unpaired) electrons. The van der Waals surface area contributed by atoms with Gasteiger partial charge in [0.15, 0.2) is 0 Å². The molecule has 0 saturated carbocycles. The zero-order valence-electron chi connectivity index (χ0n) is 10.3. The minimum atomic E-state index is -3.47. The number of morpholine rings is 1. The molecule has 1 aromatic rings. The minimum Gasteiger partial charge on any atom is -0.379 e. The Morgan fingerprint density at radius 3 is 2.89 bits per heavy atom. The molecule has 1 aliphatic rings. The van der Waals surface area contributed by atoms with Crippen LogP contribution < -0.4 is 4.72 Å². The van der Waals surface area contributed by atoms with Crippen molar-refractivity contribution in [2.75, 3.05) is 32.8 Å². The van der Waals surface area contributed by atoms with Crippen molar-refractivity contribution in [1.29, 1.82) is 0 Å². The van der Waals surface area contributed by atoms with Gasteiger partial charge in [0.05, 0.1) is 19.4 Å². The van der Waals surface area contributed by atoms with Crippen LogP contribution in [0.4, 0.5) is 0 Å². The fourth-order valence-corrected chi connectivity index (χ4v) is 3.07. The number of nitrogens with zero attached hydrogens (tertiary/aromatic N) is 2. The third-order valence-corrected chi connectivity index (χ3v) is 4.33. The summed E-state index contributed by atoms with van der Waals surface area (Å²) in [5.41, 5.74) is 0. The van der Waals surface area contributed by atoms with Gasteiger partial charge in [-0.15, -0.1) is 0 Å². The number of ether oxygens (including phenoxy) is 1. The van der Waals surface area contributed by atoms with E-state index in [1.165, 1.54) is 12.4 Å². The molecule has 18 heavy (non-hydrogen) atoms. The number of nitrogens with one attached hydrogen (secondary N) is 2. The van der Waals surface area contributed by atoms with Crippen molar-refractivity contribution < 1.29 is 13.2 Å². The van der Waals surface area contributed by atoms with E-state index in [0.29, 0.717) is 19.8 Å². The van der Waals surface area contributed by atoms with Gasteiger partial charge in [-0.05, 0) is 6.92 Å². The Labute approximate surface area is 107 Å². The van der Waals surface area contributed by atoms with Crippen LogP contribution in [0, 0.1) is 0 Å². The summed E-state index contributed by atoms with van der Waals surface area (Å²) in [6.45, 7) is 5.64. The predicted molar refractivity (Wildman–Crippen MR) is 65.6 cm³/mol. The minimum absolute atomic E-state index is 0.150. The summed E-state index contributed by atoms with van der Waals surface area (Å²) in [4.78, 5) is 2.35. The van der Waals surface area contributed by atoms with Crippen LogP contribution in [0.5, 0.6) is 0 Å². The van der Waals surface area contributed by atoms with Crippen molar-refractivity contribution in [1.82, 2.24) is 19.8 Å². The topological polar surface area (TPSA) is 87.3 Å². The molecule has 1 atom stereocenters. The van der Waals surface area contributed by atoms with Crippen LogP contribution in [0.2, 0.25) is 0 Å². The number of hydrogen-bond donors (Lipinski definition) is 2. The largest absolute Gasteiger partial charge is 0.379 e. The van der Waals surface area contributed by atoms with Gasteiger partial charge >= 0.3 is 0 Å². The molecule has 2 heterocycles. The van der Waals surface area contributed by atoms with Gasteiger partial charge in [0.2, 0.25) is 10.0 Å². The van der Waals surface area contributed by atoms with Crippen LogP contribution in [0.3, 0.4) is 0 Å². The molecule has 1 fully saturated rings. The summed E-state index contributed by atoms with van der Waals surface area (Å²) in [6, 6.07) is -0.150. The lowest BCUT2D eigenvalue weighted by Gasteiger charge is -2.29. The van der Waals surface area contributed by atoms with Crippen molar-refractivity contribution in [3.63, 3.8) is 0 Å². The van der Waals surface area contributed by atoms with E-state index < -0.39 is 10.0 Å². The van der Waals surface area contributed by atoms with E-state index in [1.54, 1.807) is 0 Å². The zero-order chi connectivity index (χ0) is 13.0. The molecule has 0 spiro atoms. The molecule has 7 nitrogen and oxygen atoms in total. The Bertz CT molecular complexity index is 453. The highest BCUT2D eigenvalue weighted by molar-refractivity contribution is 7.89. The molecule has 1 unspecified atom stereocenters. The number of aromatic amines is 1. The molecule has 8 heteroatoms. The quantitative estimate of drug-likeness (QED) is 0.749. The molecule has 0 aromatic carbocycles. The van der Waals surface area contributed by atoms with E-state index >= 15 is 0 Å². The van der Waals surface area contributed by atoms with Crippen LogP contribution >= 0.6 is 0 Å². The maximum Gasteiger partial charge on any atom is 0.243 e. The van der Waals surface area contributed by atoms with Gasteiger partial charge < -0.3 is 4.74 Å². The van der Waals surface area contributed by atoms with Gasteiger partial charge in [0.1, 0.15) is 4.90 Å². The van der Waals surface area contributed by atoms with Gasteiger partial charge in [-0.2, -0.15) is 5.10 Å². The van der Waals surface area contributed by atoms with Gasteiger partial charge in [-0.25, -0.2) is 13.1 Å². The highest BCUT2D eigenvalue weighted by atomic mass is 32.2. The second-order valence-corrected chi connectivity index (χ2v) is 6.08. The Balaban J connectivity index is 1.88. The first-order chi connectivity index (χ1) is 8.58. The van der Waals surface area contributed by atoms with Crippen molar-refractivity contribution in [2.24, 2.45) is 0 Å². The zero-order valence-corrected chi connectivity index (χ0v) is 11.1. The van der Waals surface area contributed by atoms with E-state index in [2.05, 4.69) is 19.8 Å². The van der Waals surface area contributed by atoms with Gasteiger partial charge in [0.25, 0.3) is 0 Å². The molecule has 102 valence electrons. The summed E-state index contributed by atoms with van der Waals surface area (Å²) < 4.78 is 31.7. The second-order valence-electron chi connectivity index (χ2n) is 4.37. The first kappa shape index (κ1) is 13.5. The molecular formula is C10H18N4O3S. The normalized spacial score (nSPS) is 19.8. The average Bonchev–Trinajstić information content (AvgIpc) is 2.83. The number of sulfonamides is 1. The van der Waals surface area contributed by atoms with E-state index in [-0.39, 0.29) is 10.9 Å². The summed E-state index contributed by atoms with van der Waals surface area (Å²) in [7, 11) is -3.47. The van der Waals surface area contributed by atoms with Crippen LogP contribution in [0.1, 0.15) is 6.92 Å². The second kappa shape index (κ2) is 5.79. The maximum absolute atomic E-state index is 11.9. The Morgan fingerprint density at radius 1 is 1.56 bits per heavy atom. The summed E-state index contributed by atoms with van der Waals surface area (Å²) in [5.74, 6) is 0. The highest BCUT2D eigenvalue weighted by Gasteiger charge is 2.20. The van der Waals surface area contributed by atoms with Crippen LogP contribution in [-0.2, 0) is 14.8 Å². The van der Waals surface area contributed by atoms with E-state index in [4.69, 9.17) is 4.74 Å². The van der Waals surface area contributed by atoms with Crippen LogP contribution in [0.15, 0.2) is 17.3 Å². The van der Waals surface area contributed by atoms with Crippen LogP contribution in [0.25, 0.3) is 0 Å². The van der Waals surface area contributed by atoms with Crippen molar-refractivity contribution >= 4 is 10.0 Å². The lowest BCUT2D eigenvalue weighted by molar-refractivity contribution is 0.0354. The lowest BCUT2D eigenvalue weighted by atomic mass is 10.3. The highest BCUT2D eigenvalue weighted by Crippen LogP contribution is 2.06. The molecule has 1 aromatic heterocycles. The standard InChI is InChI=1S/C10H18N4O3S/c1-9(8-14-2-4-17-5-3-14)13-18(15,16)10-6-11-12-7-10/h6-7,9,13H,2-5,8H2,1H3,(H,11,12). The van der Waals surface area contributed by atoms with Gasteiger partial charge in [0, 0.05) is 31.9 Å². The summed E-state index contributed by atoms with van der Waals surface area (Å²) in [6.07, 6.45) is 2.66. The smallest absolute Gasteiger partial charge is 0.243 e. The third-order valence-electron chi connectivity index (χ3n) is 2.78. The summed E-state index contributed by atoms with van der Waals surface area (Å²) in [5, 5.41) is 6.13. The SMILES string of the molecule is CC(CN1CCOCC1)NS(=O)(=O)c1cn[nH]c1. The average molecular weight is 274 g/mol. The first-order valence-electron chi connectivity index (χ1n) is 5.89. The molecule has 0 aliphatic carbocycles. The lowest BCUT2D eigenvalue weighted by Crippen LogP contribution is -2.45. The first-order valence-corrected chi connectivity index (χ1v) is 7.37. The third kappa shape index (κ3) is 3.52. The molecular weight excluding hydrogens is 256 g/mol. The van der Waals surface area contributed by atoms with E-state index in [0.717, 1.165) is 13.1 Å². The Morgan fingerprint density at radius 2 is 2.28 bits per heavy atom. The molecule has 2 rings (SSSR count). The molecule has 1 saturated heterocycles. The fourth-order valence-electron chi connectivity index (χ4n) is 1.93. The molecule has 0 bridgehead atoms. The number of hydrogen-bond acceptors (Lipinski definition) is 5. The molecule has 2 N–H and O–H groups in total. The van der Waals surface area contributed by atoms with Crippen molar-refractivity contribution in [2.45, 2.75) is 17.9 Å². The monoisotopic (exact) mass is 274 g/mol. The predicted octanol–water partition coefficient (Wildman–Crippen LogP) is -0.591. The van der Waals surface area contributed by atoms with Gasteiger partial charge in [-0.1, -0.05) is 0 Å². The molecule has 0 amide bonds. The molecule has 1 aliphatic heterocycles.